The highest BCUT2D eigenvalue weighted by molar-refractivity contribution is 5.31. The van der Waals surface area contributed by atoms with Crippen LogP contribution in [0.3, 0.4) is 0 Å². The first-order chi connectivity index (χ1) is 8.70. The molecule has 18 heavy (non-hydrogen) atoms. The standard InChI is InChI=1S/C15H27N3/c1-4-8-13(3)18-11-12(2)16-15(18)17-14-9-6-5-7-10-14/h11,13-14H,4-10H2,1-3H3,(H,16,17). The maximum Gasteiger partial charge on any atom is 0.203 e. The smallest absolute Gasteiger partial charge is 0.203 e. The van der Waals surface area contributed by atoms with Crippen molar-refractivity contribution >= 4 is 5.95 Å². The number of rotatable bonds is 5. The van der Waals surface area contributed by atoms with Crippen LogP contribution in [-0.4, -0.2) is 15.6 Å². The summed E-state index contributed by atoms with van der Waals surface area (Å²) in [4.78, 5) is 4.66. The Morgan fingerprint density at radius 2 is 2.11 bits per heavy atom. The third-order valence-corrected chi connectivity index (χ3v) is 3.97. The minimum Gasteiger partial charge on any atom is -0.353 e. The summed E-state index contributed by atoms with van der Waals surface area (Å²) in [5.74, 6) is 1.08. The Kier molecular flexibility index (Phi) is 4.67. The van der Waals surface area contributed by atoms with Crippen molar-refractivity contribution in [3.63, 3.8) is 0 Å². The largest absolute Gasteiger partial charge is 0.353 e. The monoisotopic (exact) mass is 249 g/mol. The SMILES string of the molecule is CCCC(C)n1cc(C)nc1NC1CCCCC1. The van der Waals surface area contributed by atoms with E-state index < -0.39 is 0 Å². The van der Waals surface area contributed by atoms with E-state index in [1.54, 1.807) is 0 Å². The van der Waals surface area contributed by atoms with E-state index in [0.29, 0.717) is 12.1 Å². The number of imidazole rings is 1. The van der Waals surface area contributed by atoms with Gasteiger partial charge in [0.05, 0.1) is 5.69 Å². The highest BCUT2D eigenvalue weighted by Crippen LogP contribution is 2.24. The van der Waals surface area contributed by atoms with Crippen molar-refractivity contribution in [2.75, 3.05) is 5.32 Å². The van der Waals surface area contributed by atoms with Gasteiger partial charge in [0.2, 0.25) is 5.95 Å². The molecule has 0 saturated heterocycles. The molecule has 3 heteroatoms. The van der Waals surface area contributed by atoms with Gasteiger partial charge in [0.25, 0.3) is 0 Å². The van der Waals surface area contributed by atoms with Crippen LogP contribution in [0.15, 0.2) is 6.20 Å². The minimum absolute atomic E-state index is 0.544. The van der Waals surface area contributed by atoms with Crippen LogP contribution in [-0.2, 0) is 0 Å². The van der Waals surface area contributed by atoms with Crippen LogP contribution >= 0.6 is 0 Å². The second kappa shape index (κ2) is 6.26. The fraction of sp³-hybridized carbons (Fsp3) is 0.800. The molecule has 0 radical (unpaired) electrons. The summed E-state index contributed by atoms with van der Waals surface area (Å²) in [6.45, 7) is 6.62. The average molecular weight is 249 g/mol. The Bertz CT molecular complexity index is 364. The number of aryl methyl sites for hydroxylation is 1. The van der Waals surface area contributed by atoms with Gasteiger partial charge in [-0.05, 0) is 33.1 Å². The van der Waals surface area contributed by atoms with E-state index in [1.165, 1.54) is 44.9 Å². The number of hydrogen-bond donors (Lipinski definition) is 1. The third-order valence-electron chi connectivity index (χ3n) is 3.97. The van der Waals surface area contributed by atoms with Gasteiger partial charge in [-0.3, -0.25) is 0 Å². The molecule has 0 bridgehead atoms. The minimum atomic E-state index is 0.544. The molecule has 1 aromatic heterocycles. The van der Waals surface area contributed by atoms with E-state index in [2.05, 4.69) is 41.8 Å². The van der Waals surface area contributed by atoms with Crippen LogP contribution in [0.2, 0.25) is 0 Å². The Morgan fingerprint density at radius 1 is 1.39 bits per heavy atom. The summed E-state index contributed by atoms with van der Waals surface area (Å²) >= 11 is 0. The zero-order valence-corrected chi connectivity index (χ0v) is 12.1. The highest BCUT2D eigenvalue weighted by atomic mass is 15.2. The molecule has 102 valence electrons. The van der Waals surface area contributed by atoms with E-state index in [0.717, 1.165) is 11.6 Å². The number of hydrogen-bond acceptors (Lipinski definition) is 2. The van der Waals surface area contributed by atoms with Crippen molar-refractivity contribution in [2.24, 2.45) is 0 Å². The third kappa shape index (κ3) is 3.27. The molecule has 1 fully saturated rings. The van der Waals surface area contributed by atoms with Gasteiger partial charge in [0.1, 0.15) is 0 Å². The maximum atomic E-state index is 4.66. The van der Waals surface area contributed by atoms with Crippen molar-refractivity contribution in [1.29, 1.82) is 0 Å². The van der Waals surface area contributed by atoms with E-state index in [1.807, 2.05) is 0 Å². The molecule has 1 aliphatic rings. The molecule has 1 N–H and O–H groups in total. The number of aromatic nitrogens is 2. The summed E-state index contributed by atoms with van der Waals surface area (Å²) in [7, 11) is 0. The van der Waals surface area contributed by atoms with Crippen LogP contribution in [0.25, 0.3) is 0 Å². The molecule has 2 rings (SSSR count). The van der Waals surface area contributed by atoms with Gasteiger partial charge >= 0.3 is 0 Å². The molecule has 0 aromatic carbocycles. The van der Waals surface area contributed by atoms with Crippen LogP contribution in [0.5, 0.6) is 0 Å². The van der Waals surface area contributed by atoms with E-state index in [9.17, 15) is 0 Å². The highest BCUT2D eigenvalue weighted by Gasteiger charge is 2.17. The molecular weight excluding hydrogens is 222 g/mol. The van der Waals surface area contributed by atoms with Gasteiger partial charge in [0, 0.05) is 18.3 Å². The van der Waals surface area contributed by atoms with Gasteiger partial charge in [-0.1, -0.05) is 32.6 Å². The zero-order chi connectivity index (χ0) is 13.0. The lowest BCUT2D eigenvalue weighted by Gasteiger charge is -2.25. The first-order valence-electron chi connectivity index (χ1n) is 7.52. The predicted octanol–water partition coefficient (Wildman–Crippen LogP) is 4.30. The lowest BCUT2D eigenvalue weighted by molar-refractivity contribution is 0.451. The number of nitrogens with one attached hydrogen (secondary N) is 1. The second-order valence-electron chi connectivity index (χ2n) is 5.73. The van der Waals surface area contributed by atoms with Crippen LogP contribution in [0.4, 0.5) is 5.95 Å². The van der Waals surface area contributed by atoms with E-state index in [4.69, 9.17) is 0 Å². The van der Waals surface area contributed by atoms with Crippen molar-refractivity contribution in [3.8, 4) is 0 Å². The summed E-state index contributed by atoms with van der Waals surface area (Å²) < 4.78 is 2.33. The van der Waals surface area contributed by atoms with Crippen LogP contribution in [0.1, 0.15) is 70.5 Å². The molecule has 1 aromatic rings. The normalized spacial score (nSPS) is 18.8. The predicted molar refractivity (Wildman–Crippen MR) is 77.1 cm³/mol. The zero-order valence-electron chi connectivity index (χ0n) is 12.1. The van der Waals surface area contributed by atoms with E-state index in [-0.39, 0.29) is 0 Å². The Morgan fingerprint density at radius 3 is 2.78 bits per heavy atom. The lowest BCUT2D eigenvalue weighted by atomic mass is 9.96. The van der Waals surface area contributed by atoms with Gasteiger partial charge in [-0.25, -0.2) is 4.98 Å². The van der Waals surface area contributed by atoms with Gasteiger partial charge in [0.15, 0.2) is 0 Å². The van der Waals surface area contributed by atoms with Crippen LogP contribution < -0.4 is 5.32 Å². The average Bonchev–Trinajstić information content (AvgIpc) is 2.72. The molecular formula is C15H27N3. The summed E-state index contributed by atoms with van der Waals surface area (Å²) in [5, 5.41) is 3.66. The van der Waals surface area contributed by atoms with Crippen LogP contribution in [0, 0.1) is 6.92 Å². The number of anilines is 1. The molecule has 3 nitrogen and oxygen atoms in total. The molecule has 0 amide bonds. The molecule has 0 aliphatic heterocycles. The Labute approximate surface area is 111 Å². The van der Waals surface area contributed by atoms with Crippen molar-refractivity contribution in [3.05, 3.63) is 11.9 Å². The number of nitrogens with zero attached hydrogens (tertiary/aromatic N) is 2. The summed E-state index contributed by atoms with van der Waals surface area (Å²) in [6, 6.07) is 1.18. The molecule has 1 heterocycles. The van der Waals surface area contributed by atoms with Gasteiger partial charge < -0.3 is 9.88 Å². The first-order valence-corrected chi connectivity index (χ1v) is 7.52. The summed E-state index contributed by atoms with van der Waals surface area (Å²) in [5.41, 5.74) is 1.12. The molecule has 1 unspecified atom stereocenters. The van der Waals surface area contributed by atoms with Gasteiger partial charge in [-0.15, -0.1) is 0 Å². The fourth-order valence-electron chi connectivity index (χ4n) is 2.95. The first kappa shape index (κ1) is 13.4. The van der Waals surface area contributed by atoms with Crippen molar-refractivity contribution in [2.45, 2.75) is 77.8 Å². The molecule has 1 saturated carbocycles. The molecule has 1 atom stereocenters. The second-order valence-corrected chi connectivity index (χ2v) is 5.73. The van der Waals surface area contributed by atoms with Crippen molar-refractivity contribution in [1.82, 2.24) is 9.55 Å². The topological polar surface area (TPSA) is 29.9 Å². The molecule has 1 aliphatic carbocycles. The quantitative estimate of drug-likeness (QED) is 0.843. The van der Waals surface area contributed by atoms with E-state index >= 15 is 0 Å². The maximum absolute atomic E-state index is 4.66. The lowest BCUT2D eigenvalue weighted by Crippen LogP contribution is -2.24. The Balaban J connectivity index is 2.06. The Hall–Kier alpha value is -0.990. The summed E-state index contributed by atoms with van der Waals surface area (Å²) in [6.07, 6.45) is 11.4. The van der Waals surface area contributed by atoms with Crippen molar-refractivity contribution < 1.29 is 0 Å². The molecule has 0 spiro atoms. The van der Waals surface area contributed by atoms with Gasteiger partial charge in [-0.2, -0.15) is 0 Å². The fourth-order valence-corrected chi connectivity index (χ4v) is 2.95.